The standard InChI is InChI=1S/C24H35N5O/c1-4-19(16(2)3)22(25)23(30)20-15-17-9-10-21(27-24(17)26-20)29-13-11-28(12-14-29)18-7-5-6-8-18/h9-10,15-16,18-19,25H,4-8,11-14H2,1-3H3,(H,26,27). The van der Waals surface area contributed by atoms with Crippen LogP contribution >= 0.6 is 0 Å². The molecule has 1 unspecified atom stereocenters. The van der Waals surface area contributed by atoms with E-state index in [2.05, 4.69) is 34.7 Å². The first-order chi connectivity index (χ1) is 14.5. The van der Waals surface area contributed by atoms with Crippen molar-refractivity contribution in [2.24, 2.45) is 11.8 Å². The van der Waals surface area contributed by atoms with E-state index in [9.17, 15) is 4.79 Å². The van der Waals surface area contributed by atoms with Crippen molar-refractivity contribution in [1.29, 1.82) is 5.41 Å². The molecule has 2 aliphatic rings. The molecule has 0 aromatic carbocycles. The molecule has 0 spiro atoms. The van der Waals surface area contributed by atoms with Crippen LogP contribution in [0.3, 0.4) is 0 Å². The van der Waals surface area contributed by atoms with Gasteiger partial charge in [-0.15, -0.1) is 0 Å². The monoisotopic (exact) mass is 409 g/mol. The van der Waals surface area contributed by atoms with Crippen LogP contribution in [0.1, 0.15) is 63.4 Å². The van der Waals surface area contributed by atoms with Gasteiger partial charge in [0.05, 0.1) is 11.4 Å². The second-order valence-corrected chi connectivity index (χ2v) is 9.25. The molecule has 0 bridgehead atoms. The van der Waals surface area contributed by atoms with Crippen LogP contribution in [0.25, 0.3) is 11.0 Å². The Bertz CT molecular complexity index is 903. The Hall–Kier alpha value is -2.21. The number of anilines is 1. The molecule has 1 aliphatic carbocycles. The summed E-state index contributed by atoms with van der Waals surface area (Å²) in [4.78, 5) is 25.9. The van der Waals surface area contributed by atoms with Crippen LogP contribution in [-0.2, 0) is 0 Å². The Morgan fingerprint density at radius 2 is 1.90 bits per heavy atom. The quantitative estimate of drug-likeness (QED) is 0.521. The van der Waals surface area contributed by atoms with Crippen molar-refractivity contribution >= 4 is 28.3 Å². The van der Waals surface area contributed by atoms with Crippen LogP contribution in [0.5, 0.6) is 0 Å². The van der Waals surface area contributed by atoms with Gasteiger partial charge in [0.2, 0.25) is 5.78 Å². The lowest BCUT2D eigenvalue weighted by molar-refractivity contribution is 0.105. The summed E-state index contributed by atoms with van der Waals surface area (Å²) < 4.78 is 0. The van der Waals surface area contributed by atoms with Gasteiger partial charge in [-0.2, -0.15) is 0 Å². The van der Waals surface area contributed by atoms with Gasteiger partial charge in [-0.3, -0.25) is 9.69 Å². The molecule has 1 saturated heterocycles. The molecule has 6 heteroatoms. The molecule has 4 rings (SSSR count). The number of hydrogen-bond donors (Lipinski definition) is 2. The third kappa shape index (κ3) is 4.15. The number of fused-ring (bicyclic) bond motifs is 1. The Morgan fingerprint density at radius 1 is 1.20 bits per heavy atom. The summed E-state index contributed by atoms with van der Waals surface area (Å²) in [6.07, 6.45) is 6.27. The zero-order valence-electron chi connectivity index (χ0n) is 18.6. The second kappa shape index (κ2) is 8.88. The first-order valence-electron chi connectivity index (χ1n) is 11.6. The average Bonchev–Trinajstić information content (AvgIpc) is 3.43. The molecule has 6 nitrogen and oxygen atoms in total. The van der Waals surface area contributed by atoms with Gasteiger partial charge < -0.3 is 15.3 Å². The number of Topliss-reactive ketones (excluding diaryl/α,β-unsaturated/α-hetero) is 1. The second-order valence-electron chi connectivity index (χ2n) is 9.25. The molecule has 2 N–H and O–H groups in total. The summed E-state index contributed by atoms with van der Waals surface area (Å²) in [6.45, 7) is 10.4. The molecule has 2 aromatic heterocycles. The molecule has 0 amide bonds. The Labute approximate surface area is 179 Å². The van der Waals surface area contributed by atoms with Gasteiger partial charge in [0.15, 0.2) is 0 Å². The fourth-order valence-electron chi connectivity index (χ4n) is 5.20. The summed E-state index contributed by atoms with van der Waals surface area (Å²) in [5.74, 6) is 1.03. The SMILES string of the molecule is CCC(C(=N)C(=O)c1cc2ccc(N3CCN(C4CCCC4)CC3)nc2[nH]1)C(C)C. The third-order valence-electron chi connectivity index (χ3n) is 7.05. The fraction of sp³-hybridized carbons (Fsp3) is 0.625. The van der Waals surface area contributed by atoms with Crippen LogP contribution in [0, 0.1) is 17.2 Å². The summed E-state index contributed by atoms with van der Waals surface area (Å²) in [6, 6.07) is 6.73. The zero-order valence-corrected chi connectivity index (χ0v) is 18.6. The van der Waals surface area contributed by atoms with E-state index in [0.717, 1.165) is 55.5 Å². The molecule has 3 heterocycles. The molecule has 162 valence electrons. The Morgan fingerprint density at radius 3 is 2.53 bits per heavy atom. The number of piperazine rings is 1. The smallest absolute Gasteiger partial charge is 0.222 e. The minimum absolute atomic E-state index is 0.0106. The maximum Gasteiger partial charge on any atom is 0.222 e. The maximum absolute atomic E-state index is 12.9. The van der Waals surface area contributed by atoms with E-state index in [-0.39, 0.29) is 23.3 Å². The summed E-state index contributed by atoms with van der Waals surface area (Å²) in [5.41, 5.74) is 1.41. The number of nitrogens with zero attached hydrogens (tertiary/aromatic N) is 3. The van der Waals surface area contributed by atoms with Crippen LogP contribution in [0.4, 0.5) is 5.82 Å². The van der Waals surface area contributed by atoms with Crippen LogP contribution in [-0.4, -0.2) is 58.6 Å². The number of hydrogen-bond acceptors (Lipinski definition) is 5. The molecule has 1 saturated carbocycles. The molecule has 1 atom stereocenters. The largest absolute Gasteiger partial charge is 0.354 e. The number of ketones is 1. The lowest BCUT2D eigenvalue weighted by atomic mass is 9.86. The molecular weight excluding hydrogens is 374 g/mol. The molecule has 2 fully saturated rings. The lowest BCUT2D eigenvalue weighted by Gasteiger charge is -2.38. The average molecular weight is 410 g/mol. The predicted octanol–water partition coefficient (Wildman–Crippen LogP) is 4.51. The topological polar surface area (TPSA) is 76.1 Å². The number of nitrogens with one attached hydrogen (secondary N) is 2. The van der Waals surface area contributed by atoms with E-state index in [4.69, 9.17) is 10.4 Å². The number of aromatic nitrogens is 2. The van der Waals surface area contributed by atoms with Gasteiger partial charge in [0.1, 0.15) is 11.5 Å². The van der Waals surface area contributed by atoms with Crippen molar-refractivity contribution in [2.75, 3.05) is 31.1 Å². The third-order valence-corrected chi connectivity index (χ3v) is 7.05. The number of aromatic amines is 1. The van der Waals surface area contributed by atoms with E-state index >= 15 is 0 Å². The van der Waals surface area contributed by atoms with Crippen molar-refractivity contribution in [3.63, 3.8) is 0 Å². The summed E-state index contributed by atoms with van der Waals surface area (Å²) >= 11 is 0. The summed E-state index contributed by atoms with van der Waals surface area (Å²) in [7, 11) is 0. The molecular formula is C24H35N5O. The van der Waals surface area contributed by atoms with Crippen LogP contribution in [0.2, 0.25) is 0 Å². The Kier molecular flexibility index (Phi) is 6.23. The number of rotatable bonds is 7. The van der Waals surface area contributed by atoms with Gasteiger partial charge in [-0.25, -0.2) is 4.98 Å². The van der Waals surface area contributed by atoms with Crippen molar-refractivity contribution < 1.29 is 4.79 Å². The number of pyridine rings is 1. The molecule has 2 aromatic rings. The first-order valence-corrected chi connectivity index (χ1v) is 11.6. The van der Waals surface area contributed by atoms with E-state index in [1.165, 1.54) is 25.7 Å². The molecule has 1 aliphatic heterocycles. The number of carbonyl (C=O) groups excluding carboxylic acids is 1. The van der Waals surface area contributed by atoms with Gasteiger partial charge in [0.25, 0.3) is 0 Å². The minimum atomic E-state index is -0.208. The van der Waals surface area contributed by atoms with E-state index in [0.29, 0.717) is 5.69 Å². The van der Waals surface area contributed by atoms with Crippen molar-refractivity contribution in [3.8, 4) is 0 Å². The molecule has 30 heavy (non-hydrogen) atoms. The van der Waals surface area contributed by atoms with Crippen molar-refractivity contribution in [2.45, 2.75) is 58.9 Å². The van der Waals surface area contributed by atoms with Gasteiger partial charge in [-0.1, -0.05) is 33.6 Å². The highest BCUT2D eigenvalue weighted by atomic mass is 16.1. The normalized spacial score (nSPS) is 19.7. The van der Waals surface area contributed by atoms with Crippen LogP contribution in [0.15, 0.2) is 18.2 Å². The zero-order chi connectivity index (χ0) is 21.3. The predicted molar refractivity (Wildman–Crippen MR) is 123 cm³/mol. The van der Waals surface area contributed by atoms with E-state index in [1.54, 1.807) is 0 Å². The highest BCUT2D eigenvalue weighted by molar-refractivity contribution is 6.45. The van der Waals surface area contributed by atoms with Crippen molar-refractivity contribution in [1.82, 2.24) is 14.9 Å². The van der Waals surface area contributed by atoms with Crippen LogP contribution < -0.4 is 4.90 Å². The molecule has 0 radical (unpaired) electrons. The fourth-order valence-corrected chi connectivity index (χ4v) is 5.20. The minimum Gasteiger partial charge on any atom is -0.354 e. The first kappa shape index (κ1) is 21.0. The van der Waals surface area contributed by atoms with Crippen molar-refractivity contribution in [3.05, 3.63) is 23.9 Å². The van der Waals surface area contributed by atoms with E-state index in [1.807, 2.05) is 19.1 Å². The van der Waals surface area contributed by atoms with Gasteiger partial charge in [0, 0.05) is 43.5 Å². The highest BCUT2D eigenvalue weighted by Gasteiger charge is 2.27. The lowest BCUT2D eigenvalue weighted by Crippen LogP contribution is -2.49. The van der Waals surface area contributed by atoms with Gasteiger partial charge in [-0.05, 0) is 43.4 Å². The van der Waals surface area contributed by atoms with Gasteiger partial charge >= 0.3 is 0 Å². The Balaban J connectivity index is 1.46. The summed E-state index contributed by atoms with van der Waals surface area (Å²) in [5, 5.41) is 9.31. The van der Waals surface area contributed by atoms with E-state index < -0.39 is 0 Å². The number of carbonyl (C=O) groups is 1. The number of H-pyrrole nitrogens is 1. The maximum atomic E-state index is 12.9. The highest BCUT2D eigenvalue weighted by Crippen LogP contribution is 2.26.